The molecule has 0 rings (SSSR count). The van der Waals surface area contributed by atoms with Crippen LogP contribution in [0, 0.1) is 12.3 Å². The Bertz CT molecular complexity index is 452. The number of unbranched alkanes of at least 4 members (excludes halogenated alkanes) is 17. The van der Waals surface area contributed by atoms with E-state index < -0.39 is 11.9 Å². The molecule has 232 valence electrons. The largest absolute Gasteiger partial charge is 2.00 e. The molecule has 0 aromatic carbocycles. The Hall–Kier alpha value is 0.666. The van der Waals surface area contributed by atoms with Crippen LogP contribution in [0.2, 0.25) is 0 Å². The zero-order chi connectivity index (χ0) is 28.4. The zero-order valence-electron chi connectivity index (χ0n) is 26.3. The Morgan fingerprint density at radius 2 is 0.923 bits per heavy atom. The summed E-state index contributed by atoms with van der Waals surface area (Å²) in [6.07, 6.45) is 29.0. The summed E-state index contributed by atoms with van der Waals surface area (Å²) in [5.41, 5.74) is 0. The molecule has 0 fully saturated rings. The number of rotatable bonds is 25. The summed E-state index contributed by atoms with van der Waals surface area (Å²) in [6.45, 7) is 8.80. The number of carboxylic acids is 2. The van der Waals surface area contributed by atoms with Crippen molar-refractivity contribution >= 4 is 50.9 Å². The molecule has 0 heterocycles. The van der Waals surface area contributed by atoms with Crippen molar-refractivity contribution in [2.24, 2.45) is 5.92 Å². The van der Waals surface area contributed by atoms with E-state index in [1.165, 1.54) is 109 Å². The summed E-state index contributed by atoms with van der Waals surface area (Å²) < 4.78 is 0. The van der Waals surface area contributed by atoms with Gasteiger partial charge in [0, 0.05) is 18.2 Å². The first-order valence-electron chi connectivity index (χ1n) is 15.6. The maximum absolute atomic E-state index is 10.3. The fraction of sp³-hybridized carbons (Fsp3) is 0.906. The molecule has 7 heteroatoms. The van der Waals surface area contributed by atoms with Crippen LogP contribution in [-0.2, 0) is 9.59 Å². The van der Waals surface area contributed by atoms with Gasteiger partial charge in [-0.2, -0.15) is 13.3 Å². The second-order valence-corrected chi connectivity index (χ2v) is 11.3. The van der Waals surface area contributed by atoms with E-state index in [9.17, 15) is 9.59 Å². The maximum Gasteiger partial charge on any atom is 2.00 e. The van der Waals surface area contributed by atoms with Gasteiger partial charge >= 0.3 is 35.0 Å². The first-order chi connectivity index (χ1) is 17.8. The number of carbonyl (C=O) groups is 2. The molecular weight excluding hydrogens is 632 g/mol. The van der Waals surface area contributed by atoms with Gasteiger partial charge in [-0.25, -0.2) is 0 Å². The van der Waals surface area contributed by atoms with E-state index in [-0.39, 0.29) is 40.0 Å². The fourth-order valence-electron chi connectivity index (χ4n) is 3.82. The molecule has 0 aliphatic rings. The number of hydrogen-bond donors (Lipinski definition) is 2. The third-order valence-corrected chi connectivity index (χ3v) is 7.28. The van der Waals surface area contributed by atoms with E-state index in [4.69, 9.17) is 10.2 Å². The molecule has 4 nitrogen and oxygen atoms in total. The van der Waals surface area contributed by atoms with Crippen LogP contribution in [0.25, 0.3) is 0 Å². The molecule has 0 aromatic heterocycles. The molecule has 0 aromatic rings. The smallest absolute Gasteiger partial charge is 1.00 e. The van der Waals surface area contributed by atoms with Crippen molar-refractivity contribution in [3.8, 4) is 0 Å². The summed E-state index contributed by atoms with van der Waals surface area (Å²) in [4.78, 5) is 20.5. The molecule has 39 heavy (non-hydrogen) atoms. The predicted octanol–water partition coefficient (Wildman–Crippen LogP) is 8.02. The third-order valence-electron chi connectivity index (χ3n) is 6.72. The Balaban J connectivity index is -0.000000168. The van der Waals surface area contributed by atoms with Crippen LogP contribution >= 0.6 is 15.9 Å². The van der Waals surface area contributed by atoms with E-state index in [0.717, 1.165) is 36.9 Å². The summed E-state index contributed by atoms with van der Waals surface area (Å²) in [6, 6.07) is 0. The van der Waals surface area contributed by atoms with Crippen molar-refractivity contribution in [2.45, 2.75) is 175 Å². The van der Waals surface area contributed by atoms with Crippen molar-refractivity contribution in [1.29, 1.82) is 0 Å². The Morgan fingerprint density at radius 1 is 0.641 bits per heavy atom. The molecule has 0 saturated carbocycles. The van der Waals surface area contributed by atoms with E-state index in [1.54, 1.807) is 0 Å². The SMILES string of the molecule is CCC(C)CCCCCCCCCCCC(=O)O.C[CH-]CC.O=C(O)CCCCCCCCCCCBr.[Br-].[Mg+2]. The Labute approximate surface area is 279 Å². The monoisotopic (exact) mass is 694 g/mol. The van der Waals surface area contributed by atoms with Crippen molar-refractivity contribution in [2.75, 3.05) is 5.33 Å². The summed E-state index contributed by atoms with van der Waals surface area (Å²) in [5.74, 6) is -0.416. The first-order valence-corrected chi connectivity index (χ1v) is 16.7. The van der Waals surface area contributed by atoms with Crippen LogP contribution in [0.3, 0.4) is 0 Å². The second kappa shape index (κ2) is 45.6. The zero-order valence-corrected chi connectivity index (χ0v) is 30.9. The Morgan fingerprint density at radius 3 is 1.18 bits per heavy atom. The van der Waals surface area contributed by atoms with Crippen molar-refractivity contribution < 1.29 is 36.8 Å². The van der Waals surface area contributed by atoms with Gasteiger partial charge in [0.2, 0.25) is 0 Å². The molecule has 0 amide bonds. The molecule has 0 radical (unpaired) electrons. The molecule has 0 spiro atoms. The number of carboxylic acid groups (broad SMARTS) is 2. The average Bonchev–Trinajstić information content (AvgIpc) is 2.88. The van der Waals surface area contributed by atoms with Gasteiger partial charge < -0.3 is 33.6 Å². The minimum Gasteiger partial charge on any atom is -1.00 e. The van der Waals surface area contributed by atoms with Crippen LogP contribution in [0.4, 0.5) is 0 Å². The maximum atomic E-state index is 10.3. The molecule has 0 bridgehead atoms. The van der Waals surface area contributed by atoms with Gasteiger partial charge in [-0.05, 0) is 25.2 Å². The fourth-order valence-corrected chi connectivity index (χ4v) is 4.22. The molecule has 0 aliphatic heterocycles. The van der Waals surface area contributed by atoms with E-state index in [2.05, 4.69) is 50.0 Å². The van der Waals surface area contributed by atoms with E-state index in [0.29, 0.717) is 12.8 Å². The van der Waals surface area contributed by atoms with Crippen molar-refractivity contribution in [3.05, 3.63) is 6.42 Å². The van der Waals surface area contributed by atoms with Gasteiger partial charge in [-0.1, -0.05) is 146 Å². The van der Waals surface area contributed by atoms with Crippen LogP contribution in [0.15, 0.2) is 0 Å². The third kappa shape index (κ3) is 59.1. The molecule has 1 atom stereocenters. The van der Waals surface area contributed by atoms with Crippen molar-refractivity contribution in [3.63, 3.8) is 0 Å². The minimum atomic E-state index is -0.662. The minimum absolute atomic E-state index is 0. The predicted molar refractivity (Wildman–Crippen MR) is 171 cm³/mol. The van der Waals surface area contributed by atoms with E-state index >= 15 is 0 Å². The van der Waals surface area contributed by atoms with Gasteiger partial charge in [-0.15, -0.1) is 0 Å². The first kappa shape index (κ1) is 49.3. The summed E-state index contributed by atoms with van der Waals surface area (Å²) in [7, 11) is 0. The normalized spacial score (nSPS) is 10.6. The molecule has 0 aliphatic carbocycles. The van der Waals surface area contributed by atoms with Crippen LogP contribution in [-0.4, -0.2) is 50.5 Å². The quantitative estimate of drug-likeness (QED) is 0.0439. The van der Waals surface area contributed by atoms with Gasteiger partial charge in [0.15, 0.2) is 0 Å². The van der Waals surface area contributed by atoms with Crippen LogP contribution in [0.5, 0.6) is 0 Å². The van der Waals surface area contributed by atoms with E-state index in [1.807, 2.05) is 0 Å². The number of alkyl halides is 1. The molecule has 0 saturated heterocycles. The standard InChI is InChI=1S/C16H32O2.C12H23BrO2.C4H9.BrH.Mg/c1-3-15(2)13-11-9-7-5-4-6-8-10-12-14-16(17)18;13-11-9-7-5-3-1-2-4-6-8-10-12(14)15;1-3-4-2;;/h15H,3-14H2,1-2H3,(H,17,18);1-11H2,(H,14,15);3H,4H2,1-2H3;1H;/q;;-1;;+2/p-1. The Kier molecular flexibility index (Phi) is 57.8. The van der Waals surface area contributed by atoms with Crippen LogP contribution in [0.1, 0.15) is 175 Å². The van der Waals surface area contributed by atoms with Gasteiger partial charge in [-0.3, -0.25) is 9.59 Å². The second-order valence-electron chi connectivity index (χ2n) is 10.5. The number of aliphatic carboxylic acids is 2. The van der Waals surface area contributed by atoms with Gasteiger partial charge in [0.25, 0.3) is 0 Å². The number of halogens is 2. The van der Waals surface area contributed by atoms with Gasteiger partial charge in [0.05, 0.1) is 0 Å². The summed E-state index contributed by atoms with van der Waals surface area (Å²) in [5, 5.41) is 18.1. The molecular formula is C32H64Br2MgO4. The molecule has 2 N–H and O–H groups in total. The molecule has 1 unspecified atom stereocenters. The van der Waals surface area contributed by atoms with Gasteiger partial charge in [0.1, 0.15) is 0 Å². The van der Waals surface area contributed by atoms with Crippen LogP contribution < -0.4 is 17.0 Å². The number of hydrogen-bond acceptors (Lipinski definition) is 2. The topological polar surface area (TPSA) is 74.6 Å². The van der Waals surface area contributed by atoms with Crippen molar-refractivity contribution in [1.82, 2.24) is 0 Å². The average molecular weight is 697 g/mol. The summed E-state index contributed by atoms with van der Waals surface area (Å²) >= 11 is 3.42.